The Kier molecular flexibility index (Phi) is 1.75. The SMILES string of the molecule is Clc1ccc(Cl)c2s[c]nc12. The minimum atomic E-state index is 0.627. The predicted molar refractivity (Wildman–Crippen MR) is 48.5 cm³/mol. The van der Waals surface area contributed by atoms with Crippen LogP contribution >= 0.6 is 34.5 Å². The highest BCUT2D eigenvalue weighted by Gasteiger charge is 2.04. The van der Waals surface area contributed by atoms with Crippen molar-refractivity contribution < 1.29 is 0 Å². The van der Waals surface area contributed by atoms with Gasteiger partial charge in [-0.1, -0.05) is 23.2 Å². The Morgan fingerprint density at radius 2 is 2.00 bits per heavy atom. The molecule has 0 aliphatic rings. The molecule has 0 unspecified atom stereocenters. The van der Waals surface area contributed by atoms with Gasteiger partial charge < -0.3 is 0 Å². The number of hydrogen-bond donors (Lipinski definition) is 0. The molecule has 0 bridgehead atoms. The minimum Gasteiger partial charge on any atom is -0.232 e. The van der Waals surface area contributed by atoms with Crippen molar-refractivity contribution in [2.24, 2.45) is 0 Å². The summed E-state index contributed by atoms with van der Waals surface area (Å²) in [7, 11) is 0. The molecule has 0 N–H and O–H groups in total. The Bertz CT molecular complexity index is 360. The molecule has 0 aliphatic carbocycles. The number of thiazole rings is 1. The number of rotatable bonds is 0. The number of fused-ring (bicyclic) bond motifs is 1. The number of hydrogen-bond acceptors (Lipinski definition) is 2. The summed E-state index contributed by atoms with van der Waals surface area (Å²) in [6.07, 6.45) is 0. The van der Waals surface area contributed by atoms with E-state index in [9.17, 15) is 0 Å². The molecule has 0 spiro atoms. The molecule has 1 nitrogen and oxygen atoms in total. The molecular formula is C7H2Cl2NS. The van der Waals surface area contributed by atoms with Gasteiger partial charge >= 0.3 is 0 Å². The van der Waals surface area contributed by atoms with Gasteiger partial charge in [0.15, 0.2) is 5.51 Å². The van der Waals surface area contributed by atoms with Gasteiger partial charge in [0.05, 0.1) is 14.7 Å². The van der Waals surface area contributed by atoms with Crippen molar-refractivity contribution in [1.29, 1.82) is 0 Å². The number of benzene rings is 1. The molecule has 1 aromatic heterocycles. The highest BCUT2D eigenvalue weighted by molar-refractivity contribution is 7.17. The van der Waals surface area contributed by atoms with Crippen LogP contribution in [0.4, 0.5) is 0 Å². The normalized spacial score (nSPS) is 10.7. The average molecular weight is 203 g/mol. The van der Waals surface area contributed by atoms with Crippen molar-refractivity contribution in [3.63, 3.8) is 0 Å². The first-order valence-electron chi connectivity index (χ1n) is 2.89. The zero-order chi connectivity index (χ0) is 7.84. The molecule has 2 rings (SSSR count). The van der Waals surface area contributed by atoms with Gasteiger partial charge in [0.1, 0.15) is 5.52 Å². The van der Waals surface area contributed by atoms with Gasteiger partial charge in [0.2, 0.25) is 0 Å². The lowest BCUT2D eigenvalue weighted by molar-refractivity contribution is 1.48. The summed E-state index contributed by atoms with van der Waals surface area (Å²) in [6.45, 7) is 0. The van der Waals surface area contributed by atoms with E-state index in [4.69, 9.17) is 23.2 Å². The zero-order valence-corrected chi connectivity index (χ0v) is 7.59. The summed E-state index contributed by atoms with van der Waals surface area (Å²) in [5, 5.41) is 1.31. The minimum absolute atomic E-state index is 0.627. The van der Waals surface area contributed by atoms with Crippen LogP contribution in [0.2, 0.25) is 10.0 Å². The summed E-state index contributed by atoms with van der Waals surface area (Å²) in [5.41, 5.74) is 3.48. The van der Waals surface area contributed by atoms with Gasteiger partial charge in [-0.05, 0) is 12.1 Å². The molecule has 0 atom stereocenters. The highest BCUT2D eigenvalue weighted by Crippen LogP contribution is 2.30. The van der Waals surface area contributed by atoms with Gasteiger partial charge in [0, 0.05) is 0 Å². The fourth-order valence-electron chi connectivity index (χ4n) is 0.838. The van der Waals surface area contributed by atoms with Crippen molar-refractivity contribution in [2.45, 2.75) is 0 Å². The summed E-state index contributed by atoms with van der Waals surface area (Å²) < 4.78 is 0.902. The van der Waals surface area contributed by atoms with Crippen LogP contribution in [0.3, 0.4) is 0 Å². The van der Waals surface area contributed by atoms with Gasteiger partial charge in [0.25, 0.3) is 0 Å². The van der Waals surface area contributed by atoms with E-state index in [-0.39, 0.29) is 0 Å². The van der Waals surface area contributed by atoms with E-state index in [1.807, 2.05) is 0 Å². The molecular weight excluding hydrogens is 201 g/mol. The smallest absolute Gasteiger partial charge is 0.153 e. The van der Waals surface area contributed by atoms with Gasteiger partial charge in [-0.3, -0.25) is 0 Å². The van der Waals surface area contributed by atoms with Crippen LogP contribution in [-0.4, -0.2) is 4.98 Å². The van der Waals surface area contributed by atoms with Crippen molar-refractivity contribution in [3.8, 4) is 0 Å². The van der Waals surface area contributed by atoms with E-state index in [0.29, 0.717) is 10.0 Å². The van der Waals surface area contributed by atoms with Gasteiger partial charge in [-0.2, -0.15) is 0 Å². The Morgan fingerprint density at radius 1 is 1.27 bits per heavy atom. The molecule has 1 radical (unpaired) electrons. The maximum absolute atomic E-state index is 5.86. The van der Waals surface area contributed by atoms with Crippen LogP contribution in [0, 0.1) is 5.51 Å². The van der Waals surface area contributed by atoms with Crippen LogP contribution in [0.25, 0.3) is 10.2 Å². The first kappa shape index (κ1) is 7.35. The Hall–Kier alpha value is -0.310. The second kappa shape index (κ2) is 2.63. The zero-order valence-electron chi connectivity index (χ0n) is 5.27. The molecule has 55 valence electrons. The van der Waals surface area contributed by atoms with Crippen LogP contribution < -0.4 is 0 Å². The first-order valence-corrected chi connectivity index (χ1v) is 4.47. The highest BCUT2D eigenvalue weighted by atomic mass is 35.5. The molecule has 0 saturated carbocycles. The molecule has 0 amide bonds. The lowest BCUT2D eigenvalue weighted by Crippen LogP contribution is -1.70. The maximum atomic E-state index is 5.86. The third-order valence-electron chi connectivity index (χ3n) is 1.34. The van der Waals surface area contributed by atoms with E-state index in [1.165, 1.54) is 11.3 Å². The van der Waals surface area contributed by atoms with E-state index < -0.39 is 0 Å². The third kappa shape index (κ3) is 1.11. The quantitative estimate of drug-likeness (QED) is 0.639. The lowest BCUT2D eigenvalue weighted by atomic mass is 10.3. The standard InChI is InChI=1S/C7H2Cl2NS/c8-4-1-2-5(9)7-6(4)10-3-11-7/h1-2H. The summed E-state index contributed by atoms with van der Waals surface area (Å²) in [4.78, 5) is 3.96. The van der Waals surface area contributed by atoms with Crippen molar-refractivity contribution in [3.05, 3.63) is 27.7 Å². The lowest BCUT2D eigenvalue weighted by Gasteiger charge is -1.92. The van der Waals surface area contributed by atoms with Crippen LogP contribution in [-0.2, 0) is 0 Å². The molecule has 4 heteroatoms. The van der Waals surface area contributed by atoms with Crippen molar-refractivity contribution >= 4 is 44.8 Å². The topological polar surface area (TPSA) is 12.9 Å². The molecule has 0 fully saturated rings. The number of nitrogens with zero attached hydrogens (tertiary/aromatic N) is 1. The molecule has 0 aliphatic heterocycles. The average Bonchev–Trinajstić information content (AvgIpc) is 2.45. The molecule has 2 aromatic rings. The number of halogens is 2. The summed E-state index contributed by atoms with van der Waals surface area (Å²) in [6, 6.07) is 3.50. The van der Waals surface area contributed by atoms with Gasteiger partial charge in [-0.25, -0.2) is 4.98 Å². The van der Waals surface area contributed by atoms with E-state index >= 15 is 0 Å². The second-order valence-electron chi connectivity index (χ2n) is 2.01. The Labute approximate surface area is 77.6 Å². The molecule has 11 heavy (non-hydrogen) atoms. The molecule has 1 aromatic carbocycles. The largest absolute Gasteiger partial charge is 0.232 e. The predicted octanol–water partition coefficient (Wildman–Crippen LogP) is 3.40. The van der Waals surface area contributed by atoms with Gasteiger partial charge in [-0.15, -0.1) is 11.3 Å². The fraction of sp³-hybridized carbons (Fsp3) is 0. The number of aromatic nitrogens is 1. The Morgan fingerprint density at radius 3 is 2.73 bits per heavy atom. The fourth-order valence-corrected chi connectivity index (χ4v) is 2.01. The van der Waals surface area contributed by atoms with Crippen LogP contribution in [0.5, 0.6) is 0 Å². The summed E-state index contributed by atoms with van der Waals surface area (Å²) >= 11 is 13.1. The van der Waals surface area contributed by atoms with Crippen molar-refractivity contribution in [1.82, 2.24) is 4.98 Å². The third-order valence-corrected chi connectivity index (χ3v) is 2.87. The maximum Gasteiger partial charge on any atom is 0.153 e. The van der Waals surface area contributed by atoms with E-state index in [0.717, 1.165) is 10.2 Å². The van der Waals surface area contributed by atoms with Crippen LogP contribution in [0.15, 0.2) is 12.1 Å². The van der Waals surface area contributed by atoms with E-state index in [1.54, 1.807) is 12.1 Å². The molecule has 1 heterocycles. The first-order chi connectivity index (χ1) is 5.29. The van der Waals surface area contributed by atoms with E-state index in [2.05, 4.69) is 10.5 Å². The monoisotopic (exact) mass is 202 g/mol. The summed E-state index contributed by atoms with van der Waals surface area (Å²) in [5.74, 6) is 0. The Balaban J connectivity index is 2.96. The molecule has 0 saturated heterocycles. The van der Waals surface area contributed by atoms with Crippen molar-refractivity contribution in [2.75, 3.05) is 0 Å². The van der Waals surface area contributed by atoms with Crippen LogP contribution in [0.1, 0.15) is 0 Å². The second-order valence-corrected chi connectivity index (χ2v) is 3.62.